The fourth-order valence-electron chi connectivity index (χ4n) is 8.00. The van der Waals surface area contributed by atoms with Gasteiger partial charge >= 0.3 is 0 Å². The molecule has 0 aliphatic carbocycles. The summed E-state index contributed by atoms with van der Waals surface area (Å²) in [6, 6.07) is 79.1. The molecule has 0 aliphatic rings. The lowest BCUT2D eigenvalue weighted by Gasteiger charge is -2.26. The Morgan fingerprint density at radius 3 is 1.15 bits per heavy atom. The van der Waals surface area contributed by atoms with E-state index < -0.39 is 0 Å². The predicted octanol–water partition coefficient (Wildman–Crippen LogP) is 15.7. The highest BCUT2D eigenvalue weighted by atomic mass is 16.3. The summed E-state index contributed by atoms with van der Waals surface area (Å²) in [6.07, 6.45) is 0. The summed E-state index contributed by atoms with van der Waals surface area (Å²) in [5.74, 6) is 0.262. The molecule has 59 heavy (non-hydrogen) atoms. The van der Waals surface area contributed by atoms with E-state index in [9.17, 15) is 5.11 Å². The molecule has 284 valence electrons. The first-order valence-electron chi connectivity index (χ1n) is 20.3. The molecule has 1 N–H and O–H groups in total. The highest BCUT2D eigenvalue weighted by Gasteiger charge is 2.16. The molecule has 1 aromatic heterocycles. The van der Waals surface area contributed by atoms with Crippen LogP contribution in [0.25, 0.3) is 72.0 Å². The number of para-hydroxylation sites is 1. The summed E-state index contributed by atoms with van der Waals surface area (Å²) in [6.45, 7) is 4.00. The molecule has 10 rings (SSSR count). The second-order valence-corrected chi connectivity index (χ2v) is 14.4. The summed E-state index contributed by atoms with van der Waals surface area (Å²) in [7, 11) is 0. The van der Waals surface area contributed by atoms with Gasteiger partial charge in [0.15, 0.2) is 0 Å². The van der Waals surface area contributed by atoms with Crippen LogP contribution >= 0.6 is 0 Å². The third kappa shape index (κ3) is 7.38. The van der Waals surface area contributed by atoms with Crippen LogP contribution in [0.4, 0.5) is 17.1 Å². The molecule has 0 bridgehead atoms. The van der Waals surface area contributed by atoms with Gasteiger partial charge in [0.05, 0.1) is 11.0 Å². The second-order valence-electron chi connectivity index (χ2n) is 14.4. The molecule has 0 unspecified atom stereocenters. The van der Waals surface area contributed by atoms with Crippen molar-refractivity contribution in [3.05, 3.63) is 224 Å². The van der Waals surface area contributed by atoms with Gasteiger partial charge in [-0.3, -0.25) is 0 Å². The Morgan fingerprint density at radius 1 is 0.322 bits per heavy atom. The Kier molecular flexibility index (Phi) is 10.3. The van der Waals surface area contributed by atoms with Crippen LogP contribution in [0.3, 0.4) is 0 Å². The molecule has 1 heterocycles. The van der Waals surface area contributed by atoms with Crippen LogP contribution in [0.1, 0.15) is 13.8 Å². The summed E-state index contributed by atoms with van der Waals surface area (Å²) in [4.78, 5) is 2.32. The van der Waals surface area contributed by atoms with E-state index in [1.54, 1.807) is 12.1 Å². The zero-order chi connectivity index (χ0) is 40.1. The lowest BCUT2D eigenvalue weighted by atomic mass is 9.98. The maximum Gasteiger partial charge on any atom is 0.115 e. The molecule has 0 saturated heterocycles. The average Bonchev–Trinajstić information content (AvgIpc) is 3.65. The Morgan fingerprint density at radius 2 is 0.678 bits per heavy atom. The van der Waals surface area contributed by atoms with Crippen LogP contribution in [0.2, 0.25) is 0 Å². The van der Waals surface area contributed by atoms with Gasteiger partial charge in [0.2, 0.25) is 0 Å². The maximum atomic E-state index is 9.92. The standard InChI is InChI=1S/C54H38N2O.C2H6/c57-50-34-32-49(33-35-50)56-53-14-8-7-13-51(53)52-37-45(25-36-54(52)56)44-17-15-40(16-18-44)43-23-30-48(31-24-43)55(46-26-19-41(20-27-46)38-9-3-1-4-10-38)47-28-21-42(22-29-47)39-11-5-2-6-12-39;1-2/h1-37,57H;1-2H3. The van der Waals surface area contributed by atoms with Gasteiger partial charge in [0, 0.05) is 33.5 Å². The number of fused-ring (bicyclic) bond motifs is 3. The van der Waals surface area contributed by atoms with E-state index in [4.69, 9.17) is 0 Å². The molecule has 0 radical (unpaired) electrons. The third-order valence-electron chi connectivity index (χ3n) is 10.9. The van der Waals surface area contributed by atoms with E-state index in [1.165, 1.54) is 49.7 Å². The molecule has 0 atom stereocenters. The lowest BCUT2D eigenvalue weighted by Crippen LogP contribution is -2.09. The lowest BCUT2D eigenvalue weighted by molar-refractivity contribution is 0.475. The predicted molar refractivity (Wildman–Crippen MR) is 250 cm³/mol. The minimum Gasteiger partial charge on any atom is -0.508 e. The number of phenols is 1. The highest BCUT2D eigenvalue weighted by Crippen LogP contribution is 2.39. The van der Waals surface area contributed by atoms with Crippen molar-refractivity contribution in [1.29, 1.82) is 0 Å². The third-order valence-corrected chi connectivity index (χ3v) is 10.9. The molecular formula is C56H44N2O. The zero-order valence-electron chi connectivity index (χ0n) is 33.2. The van der Waals surface area contributed by atoms with Crippen molar-refractivity contribution >= 4 is 38.9 Å². The first-order valence-corrected chi connectivity index (χ1v) is 20.3. The summed E-state index contributed by atoms with van der Waals surface area (Å²) < 4.78 is 2.27. The van der Waals surface area contributed by atoms with Crippen molar-refractivity contribution < 1.29 is 5.11 Å². The topological polar surface area (TPSA) is 28.4 Å². The van der Waals surface area contributed by atoms with Crippen LogP contribution in [-0.2, 0) is 0 Å². The van der Waals surface area contributed by atoms with Gasteiger partial charge in [-0.1, -0.05) is 159 Å². The van der Waals surface area contributed by atoms with Crippen LogP contribution in [0.15, 0.2) is 224 Å². The number of benzene rings is 9. The van der Waals surface area contributed by atoms with E-state index in [0.29, 0.717) is 0 Å². The molecule has 0 amide bonds. The van der Waals surface area contributed by atoms with Crippen molar-refractivity contribution in [3.8, 4) is 55.9 Å². The van der Waals surface area contributed by atoms with Gasteiger partial charge in [-0.05, 0) is 123 Å². The van der Waals surface area contributed by atoms with E-state index >= 15 is 0 Å². The monoisotopic (exact) mass is 760 g/mol. The van der Waals surface area contributed by atoms with Crippen molar-refractivity contribution in [2.24, 2.45) is 0 Å². The molecule has 0 saturated carbocycles. The Hall–Kier alpha value is -7.62. The first-order chi connectivity index (χ1) is 29.2. The molecule has 0 fully saturated rings. The van der Waals surface area contributed by atoms with Crippen molar-refractivity contribution in [2.75, 3.05) is 4.90 Å². The first kappa shape index (κ1) is 37.0. The van der Waals surface area contributed by atoms with Gasteiger partial charge in [-0.15, -0.1) is 0 Å². The van der Waals surface area contributed by atoms with Crippen LogP contribution in [0, 0.1) is 0 Å². The molecule has 3 nitrogen and oxygen atoms in total. The van der Waals surface area contributed by atoms with Gasteiger partial charge in [0.25, 0.3) is 0 Å². The Balaban J connectivity index is 0.00000221. The number of hydrogen-bond acceptors (Lipinski definition) is 2. The number of rotatable bonds is 8. The van der Waals surface area contributed by atoms with Crippen molar-refractivity contribution in [1.82, 2.24) is 4.57 Å². The molecule has 0 spiro atoms. The van der Waals surface area contributed by atoms with E-state index in [1.807, 2.05) is 26.0 Å². The Bertz CT molecular complexity index is 2870. The fraction of sp³-hybridized carbons (Fsp3) is 0.0357. The van der Waals surface area contributed by atoms with Gasteiger partial charge in [-0.2, -0.15) is 0 Å². The van der Waals surface area contributed by atoms with Crippen LogP contribution < -0.4 is 4.90 Å². The van der Waals surface area contributed by atoms with E-state index in [2.05, 4.69) is 210 Å². The van der Waals surface area contributed by atoms with E-state index in [-0.39, 0.29) is 5.75 Å². The quantitative estimate of drug-likeness (QED) is 0.167. The maximum absolute atomic E-state index is 9.92. The number of nitrogens with zero attached hydrogens (tertiary/aromatic N) is 2. The average molecular weight is 761 g/mol. The Labute approximate surface area is 346 Å². The zero-order valence-corrected chi connectivity index (χ0v) is 33.2. The molecule has 3 heteroatoms. The van der Waals surface area contributed by atoms with E-state index in [0.717, 1.165) is 39.3 Å². The minimum atomic E-state index is 0.262. The molecule has 10 aromatic rings. The van der Waals surface area contributed by atoms with Crippen LogP contribution in [0.5, 0.6) is 5.75 Å². The summed E-state index contributed by atoms with van der Waals surface area (Å²) >= 11 is 0. The number of phenolic OH excluding ortho intramolecular Hbond substituents is 1. The van der Waals surface area contributed by atoms with Gasteiger partial charge in [-0.25, -0.2) is 0 Å². The van der Waals surface area contributed by atoms with Gasteiger partial charge < -0.3 is 14.6 Å². The molecular weight excluding hydrogens is 717 g/mol. The largest absolute Gasteiger partial charge is 0.508 e. The normalized spacial score (nSPS) is 10.9. The number of hydrogen-bond donors (Lipinski definition) is 1. The highest BCUT2D eigenvalue weighted by molar-refractivity contribution is 6.10. The van der Waals surface area contributed by atoms with Crippen molar-refractivity contribution in [2.45, 2.75) is 13.8 Å². The summed E-state index contributed by atoms with van der Waals surface area (Å²) in [5, 5.41) is 12.3. The molecule has 0 aliphatic heterocycles. The smallest absolute Gasteiger partial charge is 0.115 e. The van der Waals surface area contributed by atoms with Crippen molar-refractivity contribution in [3.63, 3.8) is 0 Å². The number of aromatic hydroxyl groups is 1. The molecule has 9 aromatic carbocycles. The number of anilines is 3. The SMILES string of the molecule is CC.Oc1ccc(-n2c3ccccc3c3cc(-c4ccc(-c5ccc(N(c6ccc(-c7ccccc7)cc6)c6ccc(-c7ccccc7)cc6)cc5)cc4)ccc32)cc1. The number of aromatic nitrogens is 1. The minimum absolute atomic E-state index is 0.262. The summed E-state index contributed by atoms with van der Waals surface area (Å²) in [5.41, 5.74) is 16.1. The second kappa shape index (κ2) is 16.5. The van der Waals surface area contributed by atoms with Gasteiger partial charge in [0.1, 0.15) is 5.75 Å². The fourth-order valence-corrected chi connectivity index (χ4v) is 8.00. The van der Waals surface area contributed by atoms with Crippen LogP contribution in [-0.4, -0.2) is 9.67 Å².